The highest BCUT2D eigenvalue weighted by atomic mass is 19.1. The number of nitrogens with zero attached hydrogens (tertiary/aromatic N) is 2. The highest BCUT2D eigenvalue weighted by Crippen LogP contribution is 2.38. The molecule has 2 heterocycles. The number of hydrogen-bond acceptors (Lipinski definition) is 4. The van der Waals surface area contributed by atoms with Crippen molar-refractivity contribution in [3.8, 4) is 0 Å². The molecule has 7 heteroatoms. The van der Waals surface area contributed by atoms with Crippen molar-refractivity contribution in [1.29, 1.82) is 0 Å². The number of Topliss-reactive ketones (excluding diaryl/α,β-unsaturated/α-hetero) is 2. The first-order valence-corrected chi connectivity index (χ1v) is 9.86. The fourth-order valence-corrected chi connectivity index (χ4v) is 3.87. The minimum Gasteiger partial charge on any atom is -0.334 e. The lowest BCUT2D eigenvalue weighted by molar-refractivity contribution is -0.895. The van der Waals surface area contributed by atoms with E-state index in [2.05, 4.69) is 18.8 Å². The van der Waals surface area contributed by atoms with Gasteiger partial charge in [-0.15, -0.1) is 0 Å². The van der Waals surface area contributed by atoms with Crippen LogP contribution in [0.1, 0.15) is 35.8 Å². The topological polar surface area (TPSA) is 71.8 Å². The van der Waals surface area contributed by atoms with Crippen molar-refractivity contribution in [2.24, 2.45) is 5.92 Å². The van der Waals surface area contributed by atoms with Gasteiger partial charge in [0.25, 0.3) is 5.91 Å². The predicted molar refractivity (Wildman–Crippen MR) is 105 cm³/mol. The van der Waals surface area contributed by atoms with Gasteiger partial charge < -0.3 is 9.80 Å². The summed E-state index contributed by atoms with van der Waals surface area (Å²) in [4.78, 5) is 45.4. The van der Waals surface area contributed by atoms with Crippen molar-refractivity contribution in [2.45, 2.75) is 19.9 Å². The van der Waals surface area contributed by atoms with Gasteiger partial charge in [-0.2, -0.15) is 0 Å². The molecule has 2 atom stereocenters. The molecule has 1 aliphatic rings. The van der Waals surface area contributed by atoms with Gasteiger partial charge in [-0.05, 0) is 43.7 Å². The summed E-state index contributed by atoms with van der Waals surface area (Å²) in [6, 6.07) is 7.99. The maximum absolute atomic E-state index is 13.9. The first kappa shape index (κ1) is 20.8. The zero-order valence-electron chi connectivity index (χ0n) is 16.6. The molecule has 29 heavy (non-hydrogen) atoms. The summed E-state index contributed by atoms with van der Waals surface area (Å²) in [5, 5.41) is 0. The molecule has 1 aliphatic heterocycles. The molecule has 0 radical (unpaired) electrons. The molecule has 1 aromatic carbocycles. The van der Waals surface area contributed by atoms with Crippen LogP contribution in [0.3, 0.4) is 0 Å². The van der Waals surface area contributed by atoms with Gasteiger partial charge in [-0.3, -0.25) is 19.4 Å². The van der Waals surface area contributed by atoms with Crippen LogP contribution >= 0.6 is 0 Å². The quantitative estimate of drug-likeness (QED) is 0.411. The third-order valence-electron chi connectivity index (χ3n) is 5.55. The van der Waals surface area contributed by atoms with Crippen molar-refractivity contribution in [2.75, 3.05) is 26.2 Å². The molecule has 3 rings (SSSR count). The molecule has 2 aromatic rings. The Hall–Kier alpha value is -2.93. The van der Waals surface area contributed by atoms with Crippen LogP contribution in [0, 0.1) is 11.7 Å². The van der Waals surface area contributed by atoms with E-state index in [-0.39, 0.29) is 0 Å². The van der Waals surface area contributed by atoms with Gasteiger partial charge in [-0.25, -0.2) is 4.39 Å². The van der Waals surface area contributed by atoms with Crippen molar-refractivity contribution in [3.05, 3.63) is 65.7 Å². The number of ketones is 2. The van der Waals surface area contributed by atoms with Crippen molar-refractivity contribution in [3.63, 3.8) is 0 Å². The smallest absolute Gasteiger partial charge is 0.291 e. The Morgan fingerprint density at radius 2 is 1.83 bits per heavy atom. The molecular formula is C22H25FN3O3+. The maximum atomic E-state index is 13.9. The number of nitrogens with one attached hydrogen (secondary N) is 1. The molecule has 1 saturated heterocycles. The van der Waals surface area contributed by atoms with Crippen LogP contribution in [0.15, 0.2) is 48.8 Å². The minimum absolute atomic E-state index is 0.309. The Morgan fingerprint density at radius 3 is 2.45 bits per heavy atom. The lowest BCUT2D eigenvalue weighted by Crippen LogP contribution is -3.12. The summed E-state index contributed by atoms with van der Waals surface area (Å²) in [5.74, 6) is -3.54. The molecule has 0 bridgehead atoms. The molecule has 0 spiro atoms. The summed E-state index contributed by atoms with van der Waals surface area (Å²) in [6.07, 6.45) is 2.93. The SMILES string of the molecule is CC[NH+](CC)CCN1C(=O)C(=O)C(C(=O)c2ccncc2)C1c1cccc(F)c1. The second kappa shape index (κ2) is 9.05. The average Bonchev–Trinajstić information content (AvgIpc) is 2.99. The number of quaternary nitrogens is 1. The van der Waals surface area contributed by atoms with Crippen molar-refractivity contribution >= 4 is 17.5 Å². The first-order valence-electron chi connectivity index (χ1n) is 9.86. The number of rotatable bonds is 8. The van der Waals surface area contributed by atoms with Crippen LogP contribution in [0.5, 0.6) is 0 Å². The number of amides is 1. The van der Waals surface area contributed by atoms with Crippen molar-refractivity contribution in [1.82, 2.24) is 9.88 Å². The number of likely N-dealkylation sites (N-methyl/N-ethyl adjacent to an activating group) is 1. The number of halogens is 1. The standard InChI is InChI=1S/C22H24FN3O3/c1-3-25(4-2)12-13-26-19(16-6-5-7-17(23)14-16)18(21(28)22(26)29)20(27)15-8-10-24-11-9-15/h5-11,14,18-19H,3-4,12-13H2,1-2H3/p+1. The van der Waals surface area contributed by atoms with Gasteiger partial charge in [0.15, 0.2) is 5.78 Å². The van der Waals surface area contributed by atoms with Gasteiger partial charge >= 0.3 is 0 Å². The Balaban J connectivity index is 2.00. The summed E-state index contributed by atoms with van der Waals surface area (Å²) in [6.45, 7) is 6.84. The molecule has 0 saturated carbocycles. The van der Waals surface area contributed by atoms with E-state index in [1.165, 1.54) is 52.5 Å². The first-order chi connectivity index (χ1) is 14.0. The van der Waals surface area contributed by atoms with E-state index in [9.17, 15) is 18.8 Å². The molecule has 0 aliphatic carbocycles. The molecule has 1 aromatic heterocycles. The number of pyridine rings is 1. The van der Waals surface area contributed by atoms with Gasteiger partial charge in [0.05, 0.1) is 32.2 Å². The zero-order chi connectivity index (χ0) is 21.0. The highest BCUT2D eigenvalue weighted by Gasteiger charge is 2.51. The highest BCUT2D eigenvalue weighted by molar-refractivity contribution is 6.44. The monoisotopic (exact) mass is 398 g/mol. The lowest BCUT2D eigenvalue weighted by atomic mass is 9.86. The molecule has 2 unspecified atom stereocenters. The van der Waals surface area contributed by atoms with E-state index in [0.717, 1.165) is 13.1 Å². The van der Waals surface area contributed by atoms with E-state index in [4.69, 9.17) is 0 Å². The number of carbonyl (C=O) groups is 3. The van der Waals surface area contributed by atoms with Gasteiger partial charge in [0.2, 0.25) is 5.78 Å². The number of aromatic nitrogens is 1. The number of likely N-dealkylation sites (tertiary alicyclic amines) is 1. The summed E-state index contributed by atoms with van der Waals surface area (Å²) in [7, 11) is 0. The Bertz CT molecular complexity index is 899. The van der Waals surface area contributed by atoms with Crippen LogP contribution in [0.25, 0.3) is 0 Å². The van der Waals surface area contributed by atoms with Crippen LogP contribution in [0.4, 0.5) is 4.39 Å². The zero-order valence-corrected chi connectivity index (χ0v) is 16.6. The maximum Gasteiger partial charge on any atom is 0.291 e. The fourth-order valence-electron chi connectivity index (χ4n) is 3.87. The molecule has 152 valence electrons. The van der Waals surface area contributed by atoms with Crippen LogP contribution in [-0.2, 0) is 9.59 Å². The predicted octanol–water partition coefficient (Wildman–Crippen LogP) is 1.10. The second-order valence-corrected chi connectivity index (χ2v) is 7.15. The number of hydrogen-bond donors (Lipinski definition) is 1. The molecule has 1 N–H and O–H groups in total. The molecule has 6 nitrogen and oxygen atoms in total. The lowest BCUT2D eigenvalue weighted by Gasteiger charge is -2.28. The summed E-state index contributed by atoms with van der Waals surface area (Å²) in [5.41, 5.74) is 0.759. The van der Waals surface area contributed by atoms with E-state index < -0.39 is 35.3 Å². The third-order valence-corrected chi connectivity index (χ3v) is 5.55. The second-order valence-electron chi connectivity index (χ2n) is 7.15. The Morgan fingerprint density at radius 1 is 1.14 bits per heavy atom. The molecular weight excluding hydrogens is 373 g/mol. The Labute approximate surface area is 169 Å². The molecule has 1 fully saturated rings. The van der Waals surface area contributed by atoms with E-state index in [1.54, 1.807) is 6.07 Å². The number of benzene rings is 1. The van der Waals surface area contributed by atoms with E-state index >= 15 is 0 Å². The summed E-state index contributed by atoms with van der Waals surface area (Å²) >= 11 is 0. The van der Waals surface area contributed by atoms with E-state index in [1.807, 2.05) is 0 Å². The van der Waals surface area contributed by atoms with Gasteiger partial charge in [0.1, 0.15) is 11.7 Å². The average molecular weight is 398 g/mol. The van der Waals surface area contributed by atoms with Gasteiger partial charge in [-0.1, -0.05) is 12.1 Å². The number of carbonyl (C=O) groups excluding carboxylic acids is 3. The third kappa shape index (κ3) is 4.24. The largest absolute Gasteiger partial charge is 0.334 e. The molecule has 1 amide bonds. The van der Waals surface area contributed by atoms with Crippen LogP contribution in [0.2, 0.25) is 0 Å². The van der Waals surface area contributed by atoms with Crippen LogP contribution < -0.4 is 4.90 Å². The minimum atomic E-state index is -1.20. The summed E-state index contributed by atoms with van der Waals surface area (Å²) < 4.78 is 13.9. The normalized spacial score (nSPS) is 19.2. The Kier molecular flexibility index (Phi) is 6.49. The van der Waals surface area contributed by atoms with E-state index in [0.29, 0.717) is 24.2 Å². The van der Waals surface area contributed by atoms with Crippen LogP contribution in [-0.4, -0.2) is 53.5 Å². The van der Waals surface area contributed by atoms with Crippen molar-refractivity contribution < 1.29 is 23.7 Å². The fraction of sp³-hybridized carbons (Fsp3) is 0.364. The van der Waals surface area contributed by atoms with Gasteiger partial charge in [0, 0.05) is 18.0 Å².